The van der Waals surface area contributed by atoms with Crippen molar-refractivity contribution >= 4 is 27.6 Å². The molecule has 0 spiro atoms. The highest BCUT2D eigenvalue weighted by molar-refractivity contribution is 9.10. The van der Waals surface area contributed by atoms with E-state index in [2.05, 4.69) is 34.3 Å². The second-order valence-electron chi connectivity index (χ2n) is 3.74. The minimum atomic E-state index is -0.914. The van der Waals surface area contributed by atoms with Gasteiger partial charge < -0.3 is 10.0 Å². The van der Waals surface area contributed by atoms with Crippen LogP contribution in [0.25, 0.3) is 0 Å². The highest BCUT2D eigenvalue weighted by atomic mass is 79.9. The first-order valence-electron chi connectivity index (χ1n) is 5.48. The molecule has 0 saturated heterocycles. The Labute approximate surface area is 110 Å². The summed E-state index contributed by atoms with van der Waals surface area (Å²) in [7, 11) is 0. The zero-order valence-electron chi connectivity index (χ0n) is 9.82. The van der Waals surface area contributed by atoms with Gasteiger partial charge in [0.2, 0.25) is 0 Å². The van der Waals surface area contributed by atoms with E-state index in [0.29, 0.717) is 12.1 Å². The molecule has 1 aromatic rings. The van der Waals surface area contributed by atoms with E-state index in [1.165, 1.54) is 0 Å². The van der Waals surface area contributed by atoms with Crippen molar-refractivity contribution < 1.29 is 9.90 Å². The van der Waals surface area contributed by atoms with Crippen LogP contribution in [-0.2, 0) is 0 Å². The standard InChI is InChI=1S/C13H16BrNO2/c1-3-5-15(6-4-2)12-8-10(13(16)17)7-11(14)9-12/h3,7-9H,1,4-6H2,2H3,(H,16,17). The summed E-state index contributed by atoms with van der Waals surface area (Å²) in [5.74, 6) is -0.914. The smallest absolute Gasteiger partial charge is 0.335 e. The number of carboxylic acids is 1. The molecule has 17 heavy (non-hydrogen) atoms. The maximum Gasteiger partial charge on any atom is 0.335 e. The Kier molecular flexibility index (Phi) is 5.22. The lowest BCUT2D eigenvalue weighted by Gasteiger charge is -2.23. The van der Waals surface area contributed by atoms with Crippen molar-refractivity contribution in [3.05, 3.63) is 40.9 Å². The van der Waals surface area contributed by atoms with Gasteiger partial charge in [-0.3, -0.25) is 0 Å². The molecule has 0 aliphatic carbocycles. The number of benzene rings is 1. The molecule has 1 aromatic carbocycles. The van der Waals surface area contributed by atoms with Crippen LogP contribution < -0.4 is 4.90 Å². The van der Waals surface area contributed by atoms with Crippen LogP contribution in [0, 0.1) is 0 Å². The molecule has 1 rings (SSSR count). The minimum Gasteiger partial charge on any atom is -0.478 e. The van der Waals surface area contributed by atoms with Crippen molar-refractivity contribution in [3.63, 3.8) is 0 Å². The molecular formula is C13H16BrNO2. The summed E-state index contributed by atoms with van der Waals surface area (Å²) in [5.41, 5.74) is 1.19. The number of aromatic carboxylic acids is 1. The molecule has 0 saturated carbocycles. The topological polar surface area (TPSA) is 40.5 Å². The van der Waals surface area contributed by atoms with Gasteiger partial charge in [0.25, 0.3) is 0 Å². The van der Waals surface area contributed by atoms with Crippen molar-refractivity contribution in [2.45, 2.75) is 13.3 Å². The third-order valence-electron chi connectivity index (χ3n) is 2.34. The largest absolute Gasteiger partial charge is 0.478 e. The average molecular weight is 298 g/mol. The third kappa shape index (κ3) is 3.89. The number of rotatable bonds is 6. The van der Waals surface area contributed by atoms with Crippen LogP contribution in [0.15, 0.2) is 35.3 Å². The molecule has 0 bridgehead atoms. The van der Waals surface area contributed by atoms with E-state index in [1.54, 1.807) is 12.1 Å². The highest BCUT2D eigenvalue weighted by Gasteiger charge is 2.10. The number of carbonyl (C=O) groups is 1. The van der Waals surface area contributed by atoms with Crippen LogP contribution >= 0.6 is 15.9 Å². The van der Waals surface area contributed by atoms with Gasteiger partial charge in [0, 0.05) is 23.2 Å². The number of anilines is 1. The van der Waals surface area contributed by atoms with E-state index in [4.69, 9.17) is 5.11 Å². The molecule has 0 aliphatic heterocycles. The first-order valence-corrected chi connectivity index (χ1v) is 6.27. The van der Waals surface area contributed by atoms with E-state index in [1.807, 2.05) is 12.1 Å². The molecule has 0 radical (unpaired) electrons. The van der Waals surface area contributed by atoms with Crippen LogP contribution in [0.3, 0.4) is 0 Å². The summed E-state index contributed by atoms with van der Waals surface area (Å²) in [6.07, 6.45) is 2.82. The maximum absolute atomic E-state index is 11.0. The second-order valence-corrected chi connectivity index (χ2v) is 4.65. The van der Waals surface area contributed by atoms with Crippen molar-refractivity contribution in [2.75, 3.05) is 18.0 Å². The minimum absolute atomic E-state index is 0.291. The molecule has 0 unspecified atom stereocenters. The van der Waals surface area contributed by atoms with Crippen molar-refractivity contribution in [1.29, 1.82) is 0 Å². The summed E-state index contributed by atoms with van der Waals surface area (Å²) >= 11 is 3.34. The zero-order valence-corrected chi connectivity index (χ0v) is 11.4. The molecule has 0 aromatic heterocycles. The lowest BCUT2D eigenvalue weighted by Crippen LogP contribution is -2.24. The molecule has 4 heteroatoms. The fraction of sp³-hybridized carbons (Fsp3) is 0.308. The molecule has 0 amide bonds. The predicted octanol–water partition coefficient (Wildman–Crippen LogP) is 3.55. The molecule has 92 valence electrons. The van der Waals surface area contributed by atoms with Gasteiger partial charge in [0.1, 0.15) is 0 Å². The summed E-state index contributed by atoms with van der Waals surface area (Å²) in [6.45, 7) is 7.40. The molecular weight excluding hydrogens is 282 g/mol. The van der Waals surface area contributed by atoms with E-state index in [0.717, 1.165) is 23.1 Å². The van der Waals surface area contributed by atoms with E-state index >= 15 is 0 Å². The monoisotopic (exact) mass is 297 g/mol. The summed E-state index contributed by atoms with van der Waals surface area (Å²) in [5, 5.41) is 9.02. The van der Waals surface area contributed by atoms with Gasteiger partial charge >= 0.3 is 5.97 Å². The van der Waals surface area contributed by atoms with Crippen LogP contribution in [0.5, 0.6) is 0 Å². The summed E-state index contributed by atoms with van der Waals surface area (Å²) in [6, 6.07) is 5.21. The normalized spacial score (nSPS) is 10.0. The number of halogens is 1. The highest BCUT2D eigenvalue weighted by Crippen LogP contribution is 2.23. The zero-order chi connectivity index (χ0) is 12.8. The SMILES string of the molecule is C=CCN(CCC)c1cc(Br)cc(C(=O)O)c1. The van der Waals surface area contributed by atoms with Gasteiger partial charge in [0.05, 0.1) is 5.56 Å². The van der Waals surface area contributed by atoms with Gasteiger partial charge in [-0.15, -0.1) is 6.58 Å². The Balaban J connectivity index is 3.08. The van der Waals surface area contributed by atoms with Gasteiger partial charge in [-0.05, 0) is 24.6 Å². The van der Waals surface area contributed by atoms with Gasteiger partial charge in [-0.25, -0.2) is 4.79 Å². The average Bonchev–Trinajstić information content (AvgIpc) is 2.28. The third-order valence-corrected chi connectivity index (χ3v) is 2.80. The quantitative estimate of drug-likeness (QED) is 0.816. The Bertz CT molecular complexity index is 418. The first kappa shape index (κ1) is 13.8. The number of hydrogen-bond acceptors (Lipinski definition) is 2. The predicted molar refractivity (Wildman–Crippen MR) is 73.8 cm³/mol. The maximum atomic E-state index is 11.0. The van der Waals surface area contributed by atoms with E-state index in [-0.39, 0.29) is 0 Å². The Hall–Kier alpha value is -1.29. The lowest BCUT2D eigenvalue weighted by atomic mass is 10.2. The first-order chi connectivity index (χ1) is 8.08. The Morgan fingerprint density at radius 3 is 2.76 bits per heavy atom. The van der Waals surface area contributed by atoms with Crippen LogP contribution in [0.4, 0.5) is 5.69 Å². The van der Waals surface area contributed by atoms with Crippen molar-refractivity contribution in [1.82, 2.24) is 0 Å². The van der Waals surface area contributed by atoms with Crippen molar-refractivity contribution in [2.24, 2.45) is 0 Å². The van der Waals surface area contributed by atoms with Gasteiger partial charge in [-0.1, -0.05) is 28.9 Å². The summed E-state index contributed by atoms with van der Waals surface area (Å²) in [4.78, 5) is 13.1. The van der Waals surface area contributed by atoms with Crippen LogP contribution in [-0.4, -0.2) is 24.2 Å². The van der Waals surface area contributed by atoms with Crippen molar-refractivity contribution in [3.8, 4) is 0 Å². The fourth-order valence-electron chi connectivity index (χ4n) is 1.63. The van der Waals surface area contributed by atoms with Gasteiger partial charge in [0.15, 0.2) is 0 Å². The molecule has 0 fully saturated rings. The van der Waals surface area contributed by atoms with E-state index in [9.17, 15) is 4.79 Å². The molecule has 0 atom stereocenters. The van der Waals surface area contributed by atoms with Crippen LogP contribution in [0.1, 0.15) is 23.7 Å². The van der Waals surface area contributed by atoms with E-state index < -0.39 is 5.97 Å². The number of hydrogen-bond donors (Lipinski definition) is 1. The van der Waals surface area contributed by atoms with Crippen LogP contribution in [0.2, 0.25) is 0 Å². The number of nitrogens with zero attached hydrogens (tertiary/aromatic N) is 1. The molecule has 0 heterocycles. The summed E-state index contributed by atoms with van der Waals surface area (Å²) < 4.78 is 0.776. The molecule has 3 nitrogen and oxygen atoms in total. The fourth-order valence-corrected chi connectivity index (χ4v) is 2.11. The Morgan fingerprint density at radius 1 is 1.53 bits per heavy atom. The number of carboxylic acid groups (broad SMARTS) is 1. The molecule has 0 aliphatic rings. The Morgan fingerprint density at radius 2 is 2.24 bits per heavy atom. The van der Waals surface area contributed by atoms with Gasteiger partial charge in [-0.2, -0.15) is 0 Å². The lowest BCUT2D eigenvalue weighted by molar-refractivity contribution is 0.0697. The second kappa shape index (κ2) is 6.45. The molecule has 1 N–H and O–H groups in total.